The van der Waals surface area contributed by atoms with Crippen molar-refractivity contribution >= 4 is 26.3 Å². The van der Waals surface area contributed by atoms with E-state index in [1.807, 2.05) is 0 Å². The van der Waals surface area contributed by atoms with Crippen molar-refractivity contribution in [1.29, 1.82) is 0 Å². The summed E-state index contributed by atoms with van der Waals surface area (Å²) in [5, 5.41) is 19.7. The molecule has 0 radical (unpaired) electrons. The average Bonchev–Trinajstić information content (AvgIpc) is 2.70. The SMILES string of the molecule is O=Cc1cn([C@@H]2O[C@](F)(COP(=O)(O)O)[C@@H](O)[C@H]2O)c(=S)[nH]c1=O. The summed E-state index contributed by atoms with van der Waals surface area (Å²) >= 11 is 4.81. The number of carbonyl (C=O) groups excluding carboxylic acids is 1. The van der Waals surface area contributed by atoms with E-state index in [9.17, 15) is 28.8 Å². The van der Waals surface area contributed by atoms with Gasteiger partial charge in [0.2, 0.25) is 0 Å². The van der Waals surface area contributed by atoms with Crippen LogP contribution < -0.4 is 5.56 Å². The Morgan fingerprint density at radius 3 is 2.71 bits per heavy atom. The van der Waals surface area contributed by atoms with Gasteiger partial charge >= 0.3 is 7.82 Å². The van der Waals surface area contributed by atoms with E-state index in [2.05, 4.69) is 9.51 Å². The zero-order chi connectivity index (χ0) is 18.3. The van der Waals surface area contributed by atoms with Crippen molar-refractivity contribution in [1.82, 2.24) is 9.55 Å². The topological polar surface area (TPSA) is 171 Å². The highest BCUT2D eigenvalue weighted by atomic mass is 32.1. The number of nitrogens with one attached hydrogen (secondary N) is 1. The molecule has 2 rings (SSSR count). The van der Waals surface area contributed by atoms with Crippen LogP contribution >= 0.6 is 20.0 Å². The molecular weight excluding hydrogens is 374 g/mol. The van der Waals surface area contributed by atoms with Gasteiger partial charge in [-0.05, 0) is 12.2 Å². The number of aldehydes is 1. The third kappa shape index (κ3) is 3.68. The highest BCUT2D eigenvalue weighted by Gasteiger charge is 2.57. The number of hydrogen-bond acceptors (Lipinski definition) is 8. The summed E-state index contributed by atoms with van der Waals surface area (Å²) < 4.78 is 34.4. The molecule has 0 spiro atoms. The first-order chi connectivity index (χ1) is 11.0. The van der Waals surface area contributed by atoms with Crippen LogP contribution in [0, 0.1) is 4.77 Å². The van der Waals surface area contributed by atoms with E-state index >= 15 is 0 Å². The molecule has 134 valence electrons. The molecule has 4 atom stereocenters. The van der Waals surface area contributed by atoms with Crippen molar-refractivity contribution in [3.05, 3.63) is 26.9 Å². The Bertz CT molecular complexity index is 806. The fourth-order valence-corrected chi connectivity index (χ4v) is 2.63. The van der Waals surface area contributed by atoms with Crippen LogP contribution in [0.15, 0.2) is 11.0 Å². The van der Waals surface area contributed by atoms with Crippen LogP contribution in [0.25, 0.3) is 0 Å². The smallest absolute Gasteiger partial charge is 0.385 e. The van der Waals surface area contributed by atoms with Crippen LogP contribution in [0.3, 0.4) is 0 Å². The molecule has 1 aromatic heterocycles. The molecule has 24 heavy (non-hydrogen) atoms. The standard InChI is InChI=1S/C10H12FN2O9PS/c11-10(3-21-23(18,19)20)6(16)5(15)8(22-10)13-1-4(2-14)7(17)12-9(13)24/h1-2,5-6,8,15-16H,3H2,(H,12,17,24)(H2,18,19,20)/t5-,6+,8-,10-/m1/s1. The quantitative estimate of drug-likeness (QED) is 0.234. The lowest BCUT2D eigenvalue weighted by molar-refractivity contribution is -0.204. The third-order valence-electron chi connectivity index (χ3n) is 3.20. The van der Waals surface area contributed by atoms with Crippen molar-refractivity contribution in [2.75, 3.05) is 6.61 Å². The van der Waals surface area contributed by atoms with Gasteiger partial charge in [0.05, 0.1) is 5.56 Å². The number of aromatic nitrogens is 2. The zero-order valence-corrected chi connectivity index (χ0v) is 13.3. The lowest BCUT2D eigenvalue weighted by Crippen LogP contribution is -2.42. The first kappa shape index (κ1) is 19.0. The maximum absolute atomic E-state index is 14.5. The van der Waals surface area contributed by atoms with E-state index in [1.54, 1.807) is 0 Å². The second kappa shape index (κ2) is 6.54. The number of hydrogen-bond donors (Lipinski definition) is 5. The summed E-state index contributed by atoms with van der Waals surface area (Å²) in [5.74, 6) is -3.17. The Balaban J connectivity index is 2.37. The summed E-state index contributed by atoms with van der Waals surface area (Å²) in [7, 11) is -5.06. The van der Waals surface area contributed by atoms with Crippen molar-refractivity contribution < 1.29 is 43.0 Å². The Hall–Kier alpha value is -1.31. The number of phosphoric acid groups is 1. The Morgan fingerprint density at radius 1 is 1.54 bits per heavy atom. The molecule has 1 aliphatic rings. The largest absolute Gasteiger partial charge is 0.469 e. The highest BCUT2D eigenvalue weighted by Crippen LogP contribution is 2.43. The third-order valence-corrected chi connectivity index (χ3v) is 3.98. The normalized spacial score (nSPS) is 30.5. The number of carbonyl (C=O) groups is 1. The number of rotatable bonds is 5. The van der Waals surface area contributed by atoms with E-state index in [-0.39, 0.29) is 11.1 Å². The van der Waals surface area contributed by atoms with Gasteiger partial charge < -0.3 is 24.7 Å². The number of H-pyrrole nitrogens is 1. The van der Waals surface area contributed by atoms with Gasteiger partial charge in [0, 0.05) is 6.20 Å². The molecule has 0 saturated carbocycles. The fourth-order valence-electron chi connectivity index (χ4n) is 2.04. The van der Waals surface area contributed by atoms with Crippen molar-refractivity contribution in [2.24, 2.45) is 0 Å². The number of nitrogens with zero attached hydrogens (tertiary/aromatic N) is 1. The monoisotopic (exact) mass is 386 g/mol. The second-order valence-corrected chi connectivity index (χ2v) is 6.49. The summed E-state index contributed by atoms with van der Waals surface area (Å²) in [5.41, 5.74) is -1.23. The average molecular weight is 386 g/mol. The first-order valence-corrected chi connectivity index (χ1v) is 8.16. The minimum atomic E-state index is -5.06. The van der Waals surface area contributed by atoms with Gasteiger partial charge in [-0.3, -0.25) is 23.7 Å². The van der Waals surface area contributed by atoms with Gasteiger partial charge in [0.1, 0.15) is 18.8 Å². The van der Waals surface area contributed by atoms with Crippen LogP contribution in [-0.2, 0) is 13.8 Å². The molecule has 1 aliphatic heterocycles. The van der Waals surface area contributed by atoms with Crippen LogP contribution in [0.1, 0.15) is 16.6 Å². The zero-order valence-electron chi connectivity index (χ0n) is 11.6. The van der Waals surface area contributed by atoms with Crippen molar-refractivity contribution in [2.45, 2.75) is 24.3 Å². The summed E-state index contributed by atoms with van der Waals surface area (Å²) in [6.45, 7) is -1.39. The Labute approximate surface area is 137 Å². The van der Waals surface area contributed by atoms with Gasteiger partial charge in [-0.2, -0.15) is 0 Å². The molecule has 0 bridgehead atoms. The van der Waals surface area contributed by atoms with E-state index in [0.29, 0.717) is 0 Å². The summed E-state index contributed by atoms with van der Waals surface area (Å²) in [6, 6.07) is 0. The van der Waals surface area contributed by atoms with E-state index < -0.39 is 49.8 Å². The minimum absolute atomic E-state index is 0.182. The number of alkyl halides is 1. The highest BCUT2D eigenvalue weighted by molar-refractivity contribution is 7.71. The number of aromatic amines is 1. The molecule has 14 heteroatoms. The van der Waals surface area contributed by atoms with Gasteiger partial charge in [0.15, 0.2) is 17.3 Å². The van der Waals surface area contributed by atoms with Crippen LogP contribution in [0.5, 0.6) is 0 Å². The van der Waals surface area contributed by atoms with Gasteiger partial charge in [-0.15, -0.1) is 0 Å². The molecule has 0 amide bonds. The lowest BCUT2D eigenvalue weighted by Gasteiger charge is -2.23. The molecule has 5 N–H and O–H groups in total. The lowest BCUT2D eigenvalue weighted by atomic mass is 10.1. The van der Waals surface area contributed by atoms with Crippen molar-refractivity contribution in [3.8, 4) is 0 Å². The number of aliphatic hydroxyl groups is 2. The molecule has 11 nitrogen and oxygen atoms in total. The first-order valence-electron chi connectivity index (χ1n) is 6.22. The van der Waals surface area contributed by atoms with E-state index in [1.165, 1.54) is 0 Å². The number of ether oxygens (including phenoxy) is 1. The second-order valence-electron chi connectivity index (χ2n) is 4.86. The fraction of sp³-hybridized carbons (Fsp3) is 0.500. The number of halogens is 1. The predicted octanol–water partition coefficient (Wildman–Crippen LogP) is -1.26. The van der Waals surface area contributed by atoms with Crippen LogP contribution in [0.4, 0.5) is 4.39 Å². The van der Waals surface area contributed by atoms with Gasteiger partial charge in [-0.1, -0.05) is 0 Å². The predicted molar refractivity (Wildman–Crippen MR) is 75.2 cm³/mol. The van der Waals surface area contributed by atoms with Crippen molar-refractivity contribution in [3.63, 3.8) is 0 Å². The van der Waals surface area contributed by atoms with Gasteiger partial charge in [0.25, 0.3) is 11.4 Å². The molecule has 1 saturated heterocycles. The molecule has 1 fully saturated rings. The Kier molecular flexibility index (Phi) is 5.18. The molecular formula is C10H12FN2O9PS. The summed E-state index contributed by atoms with van der Waals surface area (Å²) in [6.07, 6.45) is -4.81. The van der Waals surface area contributed by atoms with E-state index in [0.717, 1.165) is 10.8 Å². The van der Waals surface area contributed by atoms with E-state index in [4.69, 9.17) is 26.7 Å². The van der Waals surface area contributed by atoms with Gasteiger partial charge in [-0.25, -0.2) is 8.96 Å². The molecule has 1 aromatic rings. The molecule has 2 heterocycles. The van der Waals surface area contributed by atoms with Crippen LogP contribution in [0.2, 0.25) is 0 Å². The minimum Gasteiger partial charge on any atom is -0.385 e. The molecule has 0 unspecified atom stereocenters. The van der Waals surface area contributed by atoms with Crippen LogP contribution in [-0.4, -0.2) is 60.5 Å². The Morgan fingerprint density at radius 2 is 2.17 bits per heavy atom. The number of aliphatic hydroxyl groups excluding tert-OH is 2. The summed E-state index contributed by atoms with van der Waals surface area (Å²) in [4.78, 5) is 41.5. The molecule has 0 aromatic carbocycles. The molecule has 0 aliphatic carbocycles. The maximum Gasteiger partial charge on any atom is 0.469 e. The maximum atomic E-state index is 14.5. The number of phosphoric ester groups is 1.